The minimum atomic E-state index is -0.795. The highest BCUT2D eigenvalue weighted by Gasteiger charge is 2.14. The van der Waals surface area contributed by atoms with E-state index in [1.54, 1.807) is 6.92 Å². The minimum absolute atomic E-state index is 0.0805. The van der Waals surface area contributed by atoms with Crippen molar-refractivity contribution in [2.75, 3.05) is 11.9 Å². The summed E-state index contributed by atoms with van der Waals surface area (Å²) >= 11 is 11.8. The number of hydrogen-bond acceptors (Lipinski definition) is 6. The van der Waals surface area contributed by atoms with Gasteiger partial charge in [-0.05, 0) is 25.1 Å². The predicted octanol–water partition coefficient (Wildman–Crippen LogP) is 3.40. The summed E-state index contributed by atoms with van der Waals surface area (Å²) in [6, 6.07) is 6.23. The minimum Gasteiger partial charge on any atom is -0.452 e. The van der Waals surface area contributed by atoms with Gasteiger partial charge in [0.1, 0.15) is 0 Å². The maximum Gasteiger partial charge on any atom is 0.338 e. The number of rotatable bonds is 5. The molecular formula is C15H11Cl2N3O5. The summed E-state index contributed by atoms with van der Waals surface area (Å²) in [5.41, 5.74) is 0.397. The summed E-state index contributed by atoms with van der Waals surface area (Å²) in [4.78, 5) is 37.6. The molecule has 0 bridgehead atoms. The predicted molar refractivity (Wildman–Crippen MR) is 91.0 cm³/mol. The Morgan fingerprint density at radius 1 is 1.24 bits per heavy atom. The van der Waals surface area contributed by atoms with Gasteiger partial charge in [0.05, 0.1) is 26.2 Å². The Balaban J connectivity index is 1.94. The number of ether oxygens (including phenoxy) is 1. The van der Waals surface area contributed by atoms with E-state index in [-0.39, 0.29) is 22.1 Å². The Hall–Kier alpha value is -2.71. The van der Waals surface area contributed by atoms with Gasteiger partial charge in [-0.15, -0.1) is 0 Å². The zero-order valence-electron chi connectivity index (χ0n) is 12.8. The highest BCUT2D eigenvalue weighted by Crippen LogP contribution is 2.25. The van der Waals surface area contributed by atoms with Crippen LogP contribution in [0.25, 0.3) is 0 Å². The van der Waals surface area contributed by atoms with Crippen LogP contribution in [0.4, 0.5) is 11.5 Å². The largest absolute Gasteiger partial charge is 0.452 e. The Kier molecular flexibility index (Phi) is 5.89. The van der Waals surface area contributed by atoms with E-state index < -0.39 is 23.4 Å². The lowest BCUT2D eigenvalue weighted by molar-refractivity contribution is -0.384. The van der Waals surface area contributed by atoms with Crippen LogP contribution in [0.1, 0.15) is 16.1 Å². The average Bonchev–Trinajstić information content (AvgIpc) is 2.57. The van der Waals surface area contributed by atoms with Gasteiger partial charge in [0.15, 0.2) is 12.4 Å². The van der Waals surface area contributed by atoms with Gasteiger partial charge in [0.25, 0.3) is 11.6 Å². The van der Waals surface area contributed by atoms with Gasteiger partial charge in [-0.25, -0.2) is 9.78 Å². The number of halogens is 2. The molecule has 1 amide bonds. The van der Waals surface area contributed by atoms with Crippen LogP contribution in [-0.2, 0) is 9.53 Å². The number of pyridine rings is 1. The summed E-state index contributed by atoms with van der Waals surface area (Å²) in [5, 5.41) is 13.5. The number of esters is 1. The van der Waals surface area contributed by atoms with E-state index in [1.807, 2.05) is 0 Å². The van der Waals surface area contributed by atoms with Crippen molar-refractivity contribution in [3.63, 3.8) is 0 Å². The van der Waals surface area contributed by atoms with Crippen LogP contribution in [0, 0.1) is 17.0 Å². The second-order valence-corrected chi connectivity index (χ2v) is 5.63. The Morgan fingerprint density at radius 2 is 1.88 bits per heavy atom. The van der Waals surface area contributed by atoms with Crippen molar-refractivity contribution in [2.24, 2.45) is 0 Å². The Bertz CT molecular complexity index is 840. The molecule has 0 aliphatic heterocycles. The first-order chi connectivity index (χ1) is 11.8. The number of nitro groups is 1. The van der Waals surface area contributed by atoms with Gasteiger partial charge >= 0.3 is 5.97 Å². The fraction of sp³-hybridized carbons (Fsp3) is 0.133. The molecular weight excluding hydrogens is 373 g/mol. The van der Waals surface area contributed by atoms with Gasteiger partial charge in [-0.1, -0.05) is 23.2 Å². The van der Waals surface area contributed by atoms with Gasteiger partial charge in [-0.2, -0.15) is 0 Å². The smallest absolute Gasteiger partial charge is 0.338 e. The first-order valence-electron chi connectivity index (χ1n) is 6.82. The number of anilines is 1. The summed E-state index contributed by atoms with van der Waals surface area (Å²) in [7, 11) is 0. The maximum absolute atomic E-state index is 11.8. The number of carbonyl (C=O) groups is 2. The molecule has 0 aliphatic rings. The second kappa shape index (κ2) is 7.91. The van der Waals surface area contributed by atoms with Crippen LogP contribution >= 0.6 is 23.2 Å². The lowest BCUT2D eigenvalue weighted by atomic mass is 10.2. The van der Waals surface area contributed by atoms with Crippen molar-refractivity contribution in [1.82, 2.24) is 4.98 Å². The Morgan fingerprint density at radius 3 is 2.48 bits per heavy atom. The van der Waals surface area contributed by atoms with E-state index in [2.05, 4.69) is 10.3 Å². The third-order valence-corrected chi connectivity index (χ3v) is 3.68. The number of benzene rings is 1. The molecule has 0 unspecified atom stereocenters. The molecule has 10 heteroatoms. The molecule has 0 saturated carbocycles. The fourth-order valence-electron chi connectivity index (χ4n) is 1.75. The molecule has 1 aromatic carbocycles. The maximum atomic E-state index is 11.8. The van der Waals surface area contributed by atoms with Crippen LogP contribution in [0.2, 0.25) is 10.0 Å². The molecule has 0 fully saturated rings. The molecule has 0 atom stereocenters. The molecule has 2 aromatic rings. The third-order valence-electron chi connectivity index (χ3n) is 3.01. The molecule has 0 aliphatic carbocycles. The van der Waals surface area contributed by atoms with E-state index in [0.717, 1.165) is 12.1 Å². The lowest BCUT2D eigenvalue weighted by Crippen LogP contribution is -2.21. The van der Waals surface area contributed by atoms with Crippen LogP contribution in [0.15, 0.2) is 30.3 Å². The number of amides is 1. The zero-order chi connectivity index (χ0) is 18.6. The standard InChI is InChI=1S/C15H11Cl2N3O5/c1-8-11(16)6-12(17)14(18-8)19-13(21)7-25-15(22)9-2-4-10(5-3-9)20(23)24/h2-6H,7H2,1H3,(H,18,19,21). The number of nitrogens with one attached hydrogen (secondary N) is 1. The molecule has 130 valence electrons. The van der Waals surface area contributed by atoms with Crippen molar-refractivity contribution in [3.05, 3.63) is 61.7 Å². The quantitative estimate of drug-likeness (QED) is 0.481. The molecule has 0 saturated heterocycles. The Labute approximate surface area is 151 Å². The SMILES string of the molecule is Cc1nc(NC(=O)COC(=O)c2ccc([N+](=O)[O-])cc2)c(Cl)cc1Cl. The number of non-ortho nitro benzene ring substituents is 1. The molecule has 0 spiro atoms. The fourth-order valence-corrected chi connectivity index (χ4v) is 2.15. The van der Waals surface area contributed by atoms with Crippen molar-refractivity contribution in [2.45, 2.75) is 6.92 Å². The first-order valence-corrected chi connectivity index (χ1v) is 7.57. The number of aromatic nitrogens is 1. The van der Waals surface area contributed by atoms with Gasteiger partial charge in [-0.3, -0.25) is 14.9 Å². The van der Waals surface area contributed by atoms with Crippen LogP contribution < -0.4 is 5.32 Å². The van der Waals surface area contributed by atoms with Crippen molar-refractivity contribution in [1.29, 1.82) is 0 Å². The summed E-state index contributed by atoms with van der Waals surface area (Å²) < 4.78 is 4.84. The molecule has 1 N–H and O–H groups in total. The van der Waals surface area contributed by atoms with Gasteiger partial charge in [0, 0.05) is 12.1 Å². The summed E-state index contributed by atoms with van der Waals surface area (Å²) in [6.07, 6.45) is 0. The highest BCUT2D eigenvalue weighted by atomic mass is 35.5. The number of nitro benzene ring substituents is 1. The van der Waals surface area contributed by atoms with E-state index in [0.29, 0.717) is 10.7 Å². The van der Waals surface area contributed by atoms with Crippen LogP contribution in [-0.4, -0.2) is 28.4 Å². The van der Waals surface area contributed by atoms with Gasteiger partial charge < -0.3 is 10.1 Å². The number of aryl methyl sites for hydroxylation is 1. The molecule has 1 aromatic heterocycles. The number of hydrogen-bond donors (Lipinski definition) is 1. The van der Waals surface area contributed by atoms with E-state index >= 15 is 0 Å². The van der Waals surface area contributed by atoms with Crippen LogP contribution in [0.3, 0.4) is 0 Å². The summed E-state index contributed by atoms with van der Waals surface area (Å²) in [6.45, 7) is 1.07. The van der Waals surface area contributed by atoms with E-state index in [9.17, 15) is 19.7 Å². The lowest BCUT2D eigenvalue weighted by Gasteiger charge is -2.09. The summed E-state index contributed by atoms with van der Waals surface area (Å²) in [5.74, 6) is -1.34. The van der Waals surface area contributed by atoms with E-state index in [4.69, 9.17) is 27.9 Å². The number of carbonyl (C=O) groups excluding carboxylic acids is 2. The average molecular weight is 384 g/mol. The van der Waals surface area contributed by atoms with Crippen LogP contribution in [0.5, 0.6) is 0 Å². The monoisotopic (exact) mass is 383 g/mol. The molecule has 0 radical (unpaired) electrons. The highest BCUT2D eigenvalue weighted by molar-refractivity contribution is 6.36. The third kappa shape index (κ3) is 4.88. The molecule has 2 rings (SSSR count). The van der Waals surface area contributed by atoms with Crippen molar-refractivity contribution in [3.8, 4) is 0 Å². The topological polar surface area (TPSA) is 111 Å². The van der Waals surface area contributed by atoms with E-state index in [1.165, 1.54) is 18.2 Å². The first kappa shape index (κ1) is 18.6. The zero-order valence-corrected chi connectivity index (χ0v) is 14.3. The van der Waals surface area contributed by atoms with Crippen molar-refractivity contribution >= 4 is 46.6 Å². The molecule has 25 heavy (non-hydrogen) atoms. The second-order valence-electron chi connectivity index (χ2n) is 4.81. The molecule has 1 heterocycles. The molecule has 8 nitrogen and oxygen atoms in total. The normalized spacial score (nSPS) is 10.2. The van der Waals surface area contributed by atoms with Gasteiger partial charge in [0.2, 0.25) is 0 Å². The van der Waals surface area contributed by atoms with Crippen molar-refractivity contribution < 1.29 is 19.2 Å². The number of nitrogens with zero attached hydrogens (tertiary/aromatic N) is 2.